The number of aryl methyl sites for hydroxylation is 2. The van der Waals surface area contributed by atoms with Crippen molar-refractivity contribution in [2.75, 3.05) is 0 Å². The quantitative estimate of drug-likeness (QED) is 0.177. The molecule has 3 heterocycles. The first-order valence-corrected chi connectivity index (χ1v) is 16.6. The van der Waals surface area contributed by atoms with E-state index in [1.165, 1.54) is 45.2 Å². The SMILES string of the molecule is CC1=CC(C)C[C@H](C)[C@@H]1c1c(C)nn(-c2cc(Oc3ccc4c5ccccc5n(-c5cc(C)ccn5)c4c3)cc(C(C)C)c2)c1C. The molecule has 3 atom stereocenters. The lowest BCUT2D eigenvalue weighted by Crippen LogP contribution is -2.20. The highest BCUT2D eigenvalue weighted by Crippen LogP contribution is 2.43. The summed E-state index contributed by atoms with van der Waals surface area (Å²) in [6.07, 6.45) is 5.54. The number of hydrogen-bond acceptors (Lipinski definition) is 3. The van der Waals surface area contributed by atoms with Gasteiger partial charge in [-0.05, 0) is 105 Å². The second-order valence-electron chi connectivity index (χ2n) is 13.8. The van der Waals surface area contributed by atoms with Crippen LogP contribution in [0.25, 0.3) is 33.3 Å². The van der Waals surface area contributed by atoms with Gasteiger partial charge in [-0.15, -0.1) is 0 Å². The van der Waals surface area contributed by atoms with Crippen LogP contribution in [0.4, 0.5) is 0 Å². The second kappa shape index (κ2) is 11.6. The van der Waals surface area contributed by atoms with E-state index >= 15 is 0 Å². The highest BCUT2D eigenvalue weighted by atomic mass is 16.5. The van der Waals surface area contributed by atoms with Crippen molar-refractivity contribution in [3.05, 3.63) is 119 Å². The minimum Gasteiger partial charge on any atom is -0.457 e. The van der Waals surface area contributed by atoms with E-state index in [-0.39, 0.29) is 0 Å². The van der Waals surface area contributed by atoms with Crippen molar-refractivity contribution in [2.24, 2.45) is 11.8 Å². The molecule has 0 aliphatic heterocycles. The van der Waals surface area contributed by atoms with Gasteiger partial charge < -0.3 is 4.74 Å². The van der Waals surface area contributed by atoms with Gasteiger partial charge in [0, 0.05) is 46.3 Å². The average molecular weight is 609 g/mol. The van der Waals surface area contributed by atoms with Gasteiger partial charge in [0.25, 0.3) is 0 Å². The number of allylic oxidation sites excluding steroid dienone is 2. The van der Waals surface area contributed by atoms with Gasteiger partial charge in [-0.1, -0.05) is 57.5 Å². The summed E-state index contributed by atoms with van der Waals surface area (Å²) in [7, 11) is 0. The molecule has 7 rings (SSSR count). The number of hydrogen-bond donors (Lipinski definition) is 0. The van der Waals surface area contributed by atoms with E-state index in [9.17, 15) is 0 Å². The zero-order valence-corrected chi connectivity index (χ0v) is 28.3. The summed E-state index contributed by atoms with van der Waals surface area (Å²) in [5, 5.41) is 7.51. The fraction of sp³-hybridized carbons (Fsp3) is 0.317. The van der Waals surface area contributed by atoms with Gasteiger partial charge in [-0.25, -0.2) is 9.67 Å². The largest absolute Gasteiger partial charge is 0.457 e. The van der Waals surface area contributed by atoms with Crippen molar-refractivity contribution in [3.63, 3.8) is 0 Å². The van der Waals surface area contributed by atoms with E-state index in [1.807, 2.05) is 12.3 Å². The van der Waals surface area contributed by atoms with Gasteiger partial charge in [0.05, 0.1) is 22.4 Å². The molecule has 3 aromatic carbocycles. The molecule has 0 fully saturated rings. The van der Waals surface area contributed by atoms with E-state index in [0.29, 0.717) is 23.7 Å². The molecule has 6 aromatic rings. The maximum absolute atomic E-state index is 6.71. The molecule has 1 aliphatic carbocycles. The van der Waals surface area contributed by atoms with E-state index < -0.39 is 0 Å². The maximum atomic E-state index is 6.71. The highest BCUT2D eigenvalue weighted by molar-refractivity contribution is 6.09. The minimum absolute atomic E-state index is 0.334. The molecule has 5 heteroatoms. The summed E-state index contributed by atoms with van der Waals surface area (Å²) in [5.41, 5.74) is 10.8. The van der Waals surface area contributed by atoms with Gasteiger partial charge in [-0.3, -0.25) is 4.57 Å². The lowest BCUT2D eigenvalue weighted by atomic mass is 9.72. The Morgan fingerprint density at radius 1 is 0.826 bits per heavy atom. The molecule has 0 radical (unpaired) electrons. The molecule has 0 saturated heterocycles. The number of para-hydroxylation sites is 1. The fourth-order valence-corrected chi connectivity index (χ4v) is 7.82. The number of nitrogens with zero attached hydrogens (tertiary/aromatic N) is 4. The number of rotatable bonds is 6. The third-order valence-corrected chi connectivity index (χ3v) is 9.84. The first-order valence-electron chi connectivity index (χ1n) is 16.6. The van der Waals surface area contributed by atoms with Crippen LogP contribution in [0.3, 0.4) is 0 Å². The molecule has 0 N–H and O–H groups in total. The number of aromatic nitrogens is 4. The lowest BCUT2D eigenvalue weighted by molar-refractivity contribution is 0.390. The Morgan fingerprint density at radius 2 is 1.61 bits per heavy atom. The molecule has 0 saturated carbocycles. The normalized spacial score (nSPS) is 18.5. The van der Waals surface area contributed by atoms with Crippen molar-refractivity contribution in [1.29, 1.82) is 0 Å². The smallest absolute Gasteiger partial charge is 0.137 e. The Labute approximate surface area is 272 Å². The Balaban J connectivity index is 1.32. The molecule has 0 spiro atoms. The zero-order valence-electron chi connectivity index (χ0n) is 28.3. The highest BCUT2D eigenvalue weighted by Gasteiger charge is 2.31. The first-order chi connectivity index (χ1) is 22.1. The van der Waals surface area contributed by atoms with Crippen LogP contribution in [-0.2, 0) is 0 Å². The summed E-state index contributed by atoms with van der Waals surface area (Å²) >= 11 is 0. The lowest BCUT2D eigenvalue weighted by Gasteiger charge is -2.32. The van der Waals surface area contributed by atoms with Crippen LogP contribution in [0.1, 0.15) is 81.0 Å². The summed E-state index contributed by atoms with van der Waals surface area (Å²) in [4.78, 5) is 4.75. The van der Waals surface area contributed by atoms with Crippen LogP contribution in [0.15, 0.2) is 90.6 Å². The predicted octanol–water partition coefficient (Wildman–Crippen LogP) is 10.9. The number of fused-ring (bicyclic) bond motifs is 3. The van der Waals surface area contributed by atoms with Crippen LogP contribution < -0.4 is 4.74 Å². The monoisotopic (exact) mass is 608 g/mol. The Kier molecular flexibility index (Phi) is 7.59. The minimum atomic E-state index is 0.334. The molecule has 234 valence electrons. The molecular weight excluding hydrogens is 564 g/mol. The fourth-order valence-electron chi connectivity index (χ4n) is 7.82. The summed E-state index contributed by atoms with van der Waals surface area (Å²) in [6.45, 7) is 18.0. The number of ether oxygens (including phenoxy) is 1. The van der Waals surface area contributed by atoms with Crippen LogP contribution in [0, 0.1) is 32.6 Å². The van der Waals surface area contributed by atoms with Gasteiger partial charge in [-0.2, -0.15) is 5.10 Å². The van der Waals surface area contributed by atoms with E-state index in [4.69, 9.17) is 14.8 Å². The van der Waals surface area contributed by atoms with Gasteiger partial charge >= 0.3 is 0 Å². The molecule has 5 nitrogen and oxygen atoms in total. The van der Waals surface area contributed by atoms with Crippen LogP contribution in [-0.4, -0.2) is 19.3 Å². The topological polar surface area (TPSA) is 44.9 Å². The van der Waals surface area contributed by atoms with Crippen molar-refractivity contribution >= 4 is 21.8 Å². The van der Waals surface area contributed by atoms with Crippen molar-refractivity contribution in [3.8, 4) is 23.0 Å². The standard InChI is InChI=1S/C41H44N4O/c1-24(2)31-20-32(45-30(8)41(29(7)43-45)40-27(5)17-26(4)18-28(40)6)22-34(21-31)46-33-13-14-36-35-11-9-10-12-37(35)44(38(36)23-33)39-19-25(3)15-16-42-39/h9-17,19-24,26,28,40H,18H2,1-8H3/t26?,28-,40+/m0/s1. The maximum Gasteiger partial charge on any atom is 0.137 e. The Morgan fingerprint density at radius 3 is 2.37 bits per heavy atom. The van der Waals surface area contributed by atoms with Crippen molar-refractivity contribution in [1.82, 2.24) is 19.3 Å². The van der Waals surface area contributed by atoms with Gasteiger partial charge in [0.15, 0.2) is 0 Å². The van der Waals surface area contributed by atoms with Crippen LogP contribution >= 0.6 is 0 Å². The molecule has 3 aromatic heterocycles. The molecule has 1 aliphatic rings. The summed E-state index contributed by atoms with van der Waals surface area (Å²) in [5.74, 6) is 4.43. The second-order valence-corrected chi connectivity index (χ2v) is 13.8. The van der Waals surface area contributed by atoms with Crippen molar-refractivity contribution < 1.29 is 4.74 Å². The molecule has 0 bridgehead atoms. The number of benzene rings is 3. The Hall–Kier alpha value is -4.64. The Bertz CT molecular complexity index is 2130. The summed E-state index contributed by atoms with van der Waals surface area (Å²) in [6, 6.07) is 25.6. The first kappa shape index (κ1) is 30.0. The van der Waals surface area contributed by atoms with E-state index in [2.05, 4.69) is 137 Å². The van der Waals surface area contributed by atoms with Crippen LogP contribution in [0.2, 0.25) is 0 Å². The third-order valence-electron chi connectivity index (χ3n) is 9.84. The average Bonchev–Trinajstić information content (AvgIpc) is 3.49. The van der Waals surface area contributed by atoms with Gasteiger partial charge in [0.1, 0.15) is 17.3 Å². The van der Waals surface area contributed by atoms with E-state index in [0.717, 1.165) is 39.7 Å². The third kappa shape index (κ3) is 5.22. The van der Waals surface area contributed by atoms with Gasteiger partial charge in [0.2, 0.25) is 0 Å². The van der Waals surface area contributed by atoms with Crippen molar-refractivity contribution in [2.45, 2.75) is 73.6 Å². The number of pyridine rings is 1. The molecular formula is C41H44N4O. The van der Waals surface area contributed by atoms with E-state index in [1.54, 1.807) is 0 Å². The molecule has 0 amide bonds. The predicted molar refractivity (Wildman–Crippen MR) is 190 cm³/mol. The molecule has 1 unspecified atom stereocenters. The summed E-state index contributed by atoms with van der Waals surface area (Å²) < 4.78 is 11.1. The van der Waals surface area contributed by atoms with Crippen LogP contribution in [0.5, 0.6) is 11.5 Å². The molecule has 46 heavy (non-hydrogen) atoms. The zero-order chi connectivity index (χ0) is 32.3.